The largest absolute Gasteiger partial charge is 0.297 e. The van der Waals surface area contributed by atoms with E-state index >= 15 is 0 Å². The molecule has 1 heterocycles. The summed E-state index contributed by atoms with van der Waals surface area (Å²) in [4.78, 5) is 4.74. The lowest BCUT2D eigenvalue weighted by Crippen LogP contribution is -2.48. The highest BCUT2D eigenvalue weighted by molar-refractivity contribution is 5.29. The number of rotatable bonds is 3. The van der Waals surface area contributed by atoms with E-state index in [1.165, 1.54) is 16.7 Å². The van der Waals surface area contributed by atoms with E-state index in [1.807, 2.05) is 6.92 Å². The first kappa shape index (κ1) is 14.0. The van der Waals surface area contributed by atoms with Gasteiger partial charge in [-0.25, -0.2) is 0 Å². The predicted molar refractivity (Wildman–Crippen MR) is 77.8 cm³/mol. The highest BCUT2D eigenvalue weighted by atomic mass is 15.3. The van der Waals surface area contributed by atoms with Crippen LogP contribution in [-0.4, -0.2) is 42.0 Å². The molecular weight excluding hydrogens is 234 g/mol. The number of piperazine rings is 1. The highest BCUT2D eigenvalue weighted by Crippen LogP contribution is 2.14. The SMILES string of the molecule is Cc1ccc(CN2CCN(C(C)C#N)CC2)cc1C. The fourth-order valence-corrected chi connectivity index (χ4v) is 2.55. The lowest BCUT2D eigenvalue weighted by molar-refractivity contribution is 0.114. The monoisotopic (exact) mass is 257 g/mol. The predicted octanol–water partition coefficient (Wildman–Crippen LogP) is 2.33. The molecule has 0 bridgehead atoms. The van der Waals surface area contributed by atoms with Crippen molar-refractivity contribution in [2.24, 2.45) is 0 Å². The minimum absolute atomic E-state index is 0.0452. The van der Waals surface area contributed by atoms with Crippen molar-refractivity contribution in [2.45, 2.75) is 33.4 Å². The molecule has 1 fully saturated rings. The Labute approximate surface area is 116 Å². The van der Waals surface area contributed by atoms with Crippen LogP contribution in [0.25, 0.3) is 0 Å². The van der Waals surface area contributed by atoms with Crippen molar-refractivity contribution in [1.29, 1.82) is 5.26 Å². The second kappa shape index (κ2) is 6.18. The van der Waals surface area contributed by atoms with Gasteiger partial charge in [-0.3, -0.25) is 9.80 Å². The molecule has 102 valence electrons. The molecule has 1 atom stereocenters. The van der Waals surface area contributed by atoms with E-state index in [9.17, 15) is 0 Å². The second-order valence-electron chi connectivity index (χ2n) is 5.54. The van der Waals surface area contributed by atoms with E-state index < -0.39 is 0 Å². The van der Waals surface area contributed by atoms with Crippen molar-refractivity contribution in [3.05, 3.63) is 34.9 Å². The van der Waals surface area contributed by atoms with Crippen molar-refractivity contribution in [3.8, 4) is 6.07 Å². The summed E-state index contributed by atoms with van der Waals surface area (Å²) >= 11 is 0. The van der Waals surface area contributed by atoms with Gasteiger partial charge in [0.15, 0.2) is 0 Å². The minimum Gasteiger partial charge on any atom is -0.297 e. The minimum atomic E-state index is 0.0452. The third-order valence-electron chi connectivity index (χ3n) is 4.12. The van der Waals surface area contributed by atoms with Crippen molar-refractivity contribution >= 4 is 0 Å². The van der Waals surface area contributed by atoms with Crippen molar-refractivity contribution < 1.29 is 0 Å². The molecule has 0 aliphatic carbocycles. The molecule has 0 spiro atoms. The number of hydrogen-bond acceptors (Lipinski definition) is 3. The number of benzene rings is 1. The summed E-state index contributed by atoms with van der Waals surface area (Å²) in [6.07, 6.45) is 0. The third-order valence-corrected chi connectivity index (χ3v) is 4.12. The smallest absolute Gasteiger partial charge is 0.0950 e. The summed E-state index contributed by atoms with van der Waals surface area (Å²) < 4.78 is 0. The molecule has 1 aromatic rings. The summed E-state index contributed by atoms with van der Waals surface area (Å²) in [6.45, 7) is 11.4. The molecular formula is C16H23N3. The standard InChI is InChI=1S/C16H23N3/c1-13-4-5-16(10-14(13)2)12-18-6-8-19(9-7-18)15(3)11-17/h4-5,10,15H,6-9,12H2,1-3H3. The van der Waals surface area contributed by atoms with Gasteiger partial charge in [0.05, 0.1) is 12.1 Å². The van der Waals surface area contributed by atoms with E-state index in [0.29, 0.717) is 0 Å². The first-order chi connectivity index (χ1) is 9.10. The fraction of sp³-hybridized carbons (Fsp3) is 0.562. The van der Waals surface area contributed by atoms with Crippen LogP contribution in [0, 0.1) is 25.2 Å². The number of nitriles is 1. The second-order valence-corrected chi connectivity index (χ2v) is 5.54. The van der Waals surface area contributed by atoms with Crippen molar-refractivity contribution in [1.82, 2.24) is 9.80 Å². The van der Waals surface area contributed by atoms with Gasteiger partial charge in [0.1, 0.15) is 0 Å². The first-order valence-electron chi connectivity index (χ1n) is 7.02. The lowest BCUT2D eigenvalue weighted by Gasteiger charge is -2.35. The van der Waals surface area contributed by atoms with Gasteiger partial charge in [0, 0.05) is 32.7 Å². The van der Waals surface area contributed by atoms with Crippen LogP contribution in [0.1, 0.15) is 23.6 Å². The molecule has 2 rings (SSSR count). The Balaban J connectivity index is 1.89. The van der Waals surface area contributed by atoms with Crippen LogP contribution in [0.2, 0.25) is 0 Å². The normalized spacial score (nSPS) is 19.1. The summed E-state index contributed by atoms with van der Waals surface area (Å²) in [5.74, 6) is 0. The maximum absolute atomic E-state index is 8.94. The quantitative estimate of drug-likeness (QED) is 0.832. The zero-order valence-electron chi connectivity index (χ0n) is 12.2. The van der Waals surface area contributed by atoms with Crippen LogP contribution >= 0.6 is 0 Å². The molecule has 0 amide bonds. The van der Waals surface area contributed by atoms with Crippen molar-refractivity contribution in [3.63, 3.8) is 0 Å². The summed E-state index contributed by atoms with van der Waals surface area (Å²) in [7, 11) is 0. The van der Waals surface area contributed by atoms with Crippen LogP contribution in [0.3, 0.4) is 0 Å². The Morgan fingerprint density at radius 3 is 2.42 bits per heavy atom. The molecule has 0 N–H and O–H groups in total. The Hall–Kier alpha value is -1.37. The molecule has 1 saturated heterocycles. The van der Waals surface area contributed by atoms with E-state index in [-0.39, 0.29) is 6.04 Å². The number of aryl methyl sites for hydroxylation is 2. The topological polar surface area (TPSA) is 30.3 Å². The van der Waals surface area contributed by atoms with Crippen LogP contribution < -0.4 is 0 Å². The molecule has 1 unspecified atom stereocenters. The van der Waals surface area contributed by atoms with Crippen LogP contribution in [0.4, 0.5) is 0 Å². The summed E-state index contributed by atoms with van der Waals surface area (Å²) in [5, 5.41) is 8.94. The maximum Gasteiger partial charge on any atom is 0.0950 e. The van der Waals surface area contributed by atoms with E-state index in [0.717, 1.165) is 32.7 Å². The third kappa shape index (κ3) is 3.56. The van der Waals surface area contributed by atoms with E-state index in [4.69, 9.17) is 5.26 Å². The molecule has 1 aromatic carbocycles. The molecule has 0 radical (unpaired) electrons. The Morgan fingerprint density at radius 1 is 1.16 bits per heavy atom. The zero-order valence-corrected chi connectivity index (χ0v) is 12.2. The molecule has 0 aromatic heterocycles. The highest BCUT2D eigenvalue weighted by Gasteiger charge is 2.20. The molecule has 1 aliphatic rings. The Kier molecular flexibility index (Phi) is 4.57. The van der Waals surface area contributed by atoms with Crippen LogP contribution in [0.5, 0.6) is 0 Å². The number of nitrogens with zero attached hydrogens (tertiary/aromatic N) is 3. The fourth-order valence-electron chi connectivity index (χ4n) is 2.55. The van der Waals surface area contributed by atoms with Gasteiger partial charge in [-0.2, -0.15) is 5.26 Å². The van der Waals surface area contributed by atoms with Crippen molar-refractivity contribution in [2.75, 3.05) is 26.2 Å². The average Bonchev–Trinajstić information content (AvgIpc) is 2.43. The lowest BCUT2D eigenvalue weighted by atomic mass is 10.1. The summed E-state index contributed by atoms with van der Waals surface area (Å²) in [6, 6.07) is 9.09. The zero-order chi connectivity index (χ0) is 13.8. The van der Waals surface area contributed by atoms with Gasteiger partial charge in [-0.15, -0.1) is 0 Å². The average molecular weight is 257 g/mol. The number of hydrogen-bond donors (Lipinski definition) is 0. The van der Waals surface area contributed by atoms with Gasteiger partial charge >= 0.3 is 0 Å². The Morgan fingerprint density at radius 2 is 1.84 bits per heavy atom. The molecule has 19 heavy (non-hydrogen) atoms. The Bertz CT molecular complexity index is 467. The van der Waals surface area contributed by atoms with Crippen LogP contribution in [-0.2, 0) is 6.54 Å². The van der Waals surface area contributed by atoms with Gasteiger partial charge in [-0.05, 0) is 37.5 Å². The molecule has 3 heteroatoms. The van der Waals surface area contributed by atoms with Gasteiger partial charge < -0.3 is 0 Å². The summed E-state index contributed by atoms with van der Waals surface area (Å²) in [5.41, 5.74) is 4.12. The maximum atomic E-state index is 8.94. The van der Waals surface area contributed by atoms with Crippen LogP contribution in [0.15, 0.2) is 18.2 Å². The molecule has 0 saturated carbocycles. The first-order valence-corrected chi connectivity index (χ1v) is 7.02. The van der Waals surface area contributed by atoms with Gasteiger partial charge in [0.2, 0.25) is 0 Å². The van der Waals surface area contributed by atoms with E-state index in [1.54, 1.807) is 0 Å². The van der Waals surface area contributed by atoms with E-state index in [2.05, 4.69) is 47.9 Å². The van der Waals surface area contributed by atoms with Gasteiger partial charge in [0.25, 0.3) is 0 Å². The van der Waals surface area contributed by atoms with Gasteiger partial charge in [-0.1, -0.05) is 18.2 Å². The molecule has 1 aliphatic heterocycles. The molecule has 3 nitrogen and oxygen atoms in total.